The highest BCUT2D eigenvalue weighted by Crippen LogP contribution is 2.32. The molecule has 1 aromatic carbocycles. The molecule has 0 bridgehead atoms. The van der Waals surface area contributed by atoms with Gasteiger partial charge in [0.05, 0.1) is 19.6 Å². The Morgan fingerprint density at radius 3 is 2.85 bits per heavy atom. The topological polar surface area (TPSA) is 53.2 Å². The van der Waals surface area contributed by atoms with E-state index in [9.17, 15) is 5.11 Å². The minimum Gasteiger partial charge on any atom is -0.504 e. The standard InChI is InChI=1S/C9H8BrNO2/c1-13-9-4-6(2-3-11)7(10)5-8(9)12/h4-5,12H,2H2,1H3. The molecule has 1 rings (SSSR count). The molecule has 0 aliphatic heterocycles. The molecule has 13 heavy (non-hydrogen) atoms. The van der Waals surface area contributed by atoms with E-state index in [4.69, 9.17) is 10.00 Å². The molecule has 0 aliphatic rings. The lowest BCUT2D eigenvalue weighted by atomic mass is 10.1. The van der Waals surface area contributed by atoms with Crippen LogP contribution in [-0.2, 0) is 6.42 Å². The number of nitrogens with zero attached hydrogens (tertiary/aromatic N) is 1. The van der Waals surface area contributed by atoms with Crippen LogP contribution in [0.1, 0.15) is 5.56 Å². The zero-order chi connectivity index (χ0) is 9.84. The first-order chi connectivity index (χ1) is 6.19. The molecule has 0 amide bonds. The number of phenols is 1. The van der Waals surface area contributed by atoms with E-state index in [0.29, 0.717) is 10.2 Å². The van der Waals surface area contributed by atoms with E-state index in [0.717, 1.165) is 5.56 Å². The fourth-order valence-electron chi connectivity index (χ4n) is 0.969. The molecule has 4 heteroatoms. The summed E-state index contributed by atoms with van der Waals surface area (Å²) in [5, 5.41) is 17.8. The second-order valence-corrected chi connectivity index (χ2v) is 3.30. The van der Waals surface area contributed by atoms with Crippen LogP contribution in [-0.4, -0.2) is 12.2 Å². The van der Waals surface area contributed by atoms with Crippen LogP contribution in [0.25, 0.3) is 0 Å². The molecule has 0 fully saturated rings. The van der Waals surface area contributed by atoms with Gasteiger partial charge in [-0.1, -0.05) is 15.9 Å². The van der Waals surface area contributed by atoms with Crippen molar-refractivity contribution in [3.8, 4) is 17.6 Å². The summed E-state index contributed by atoms with van der Waals surface area (Å²) < 4.78 is 5.62. The van der Waals surface area contributed by atoms with E-state index in [2.05, 4.69) is 15.9 Å². The molecule has 0 aliphatic carbocycles. The van der Waals surface area contributed by atoms with Gasteiger partial charge < -0.3 is 9.84 Å². The molecule has 0 saturated heterocycles. The van der Waals surface area contributed by atoms with Crippen LogP contribution in [0.3, 0.4) is 0 Å². The molecule has 1 N–H and O–H groups in total. The Morgan fingerprint density at radius 1 is 1.62 bits per heavy atom. The Labute approximate surface area is 84.7 Å². The van der Waals surface area contributed by atoms with Gasteiger partial charge in [0.2, 0.25) is 0 Å². The quantitative estimate of drug-likeness (QED) is 0.865. The van der Waals surface area contributed by atoms with Crippen molar-refractivity contribution < 1.29 is 9.84 Å². The van der Waals surface area contributed by atoms with Gasteiger partial charge in [-0.2, -0.15) is 5.26 Å². The summed E-state index contributed by atoms with van der Waals surface area (Å²) in [5.74, 6) is 0.449. The number of nitriles is 1. The van der Waals surface area contributed by atoms with E-state index in [1.165, 1.54) is 13.2 Å². The summed E-state index contributed by atoms with van der Waals surface area (Å²) in [6.07, 6.45) is 0.289. The number of aromatic hydroxyl groups is 1. The van der Waals surface area contributed by atoms with Gasteiger partial charge in [-0.15, -0.1) is 0 Å². The van der Waals surface area contributed by atoms with E-state index in [1.807, 2.05) is 6.07 Å². The zero-order valence-corrected chi connectivity index (χ0v) is 8.63. The third-order valence-corrected chi connectivity index (χ3v) is 2.36. The molecule has 1 aromatic rings. The highest BCUT2D eigenvalue weighted by atomic mass is 79.9. The number of rotatable bonds is 2. The highest BCUT2D eigenvalue weighted by molar-refractivity contribution is 9.10. The van der Waals surface area contributed by atoms with Crippen molar-refractivity contribution in [2.24, 2.45) is 0 Å². The molecule has 3 nitrogen and oxygen atoms in total. The Kier molecular flexibility index (Phi) is 3.15. The fraction of sp³-hybridized carbons (Fsp3) is 0.222. The van der Waals surface area contributed by atoms with Crippen molar-refractivity contribution >= 4 is 15.9 Å². The van der Waals surface area contributed by atoms with E-state index in [-0.39, 0.29) is 12.2 Å². The van der Waals surface area contributed by atoms with E-state index in [1.54, 1.807) is 6.07 Å². The average molecular weight is 242 g/mol. The van der Waals surface area contributed by atoms with Gasteiger partial charge in [0.1, 0.15) is 0 Å². The van der Waals surface area contributed by atoms with E-state index < -0.39 is 0 Å². The lowest BCUT2D eigenvalue weighted by molar-refractivity contribution is 0.373. The van der Waals surface area contributed by atoms with E-state index >= 15 is 0 Å². The number of methoxy groups -OCH3 is 1. The molecule has 0 radical (unpaired) electrons. The van der Waals surface area contributed by atoms with Gasteiger partial charge in [0.15, 0.2) is 11.5 Å². The highest BCUT2D eigenvalue weighted by Gasteiger charge is 2.07. The summed E-state index contributed by atoms with van der Waals surface area (Å²) in [4.78, 5) is 0. The van der Waals surface area contributed by atoms with Crippen LogP contribution in [0, 0.1) is 11.3 Å². The summed E-state index contributed by atoms with van der Waals surface area (Å²) >= 11 is 3.24. The Balaban J connectivity index is 3.16. The first kappa shape index (κ1) is 9.87. The summed E-state index contributed by atoms with van der Waals surface area (Å²) in [7, 11) is 1.47. The predicted molar refractivity (Wildman–Crippen MR) is 51.7 cm³/mol. The van der Waals surface area contributed by atoms with Crippen LogP contribution in [0.4, 0.5) is 0 Å². The monoisotopic (exact) mass is 241 g/mol. The van der Waals surface area contributed by atoms with Crippen LogP contribution in [0.5, 0.6) is 11.5 Å². The maximum Gasteiger partial charge on any atom is 0.160 e. The fourth-order valence-corrected chi connectivity index (χ4v) is 1.44. The maximum absolute atomic E-state index is 9.35. The first-order valence-electron chi connectivity index (χ1n) is 3.61. The predicted octanol–water partition coefficient (Wildman–Crippen LogP) is 2.23. The third-order valence-electron chi connectivity index (χ3n) is 1.62. The zero-order valence-electron chi connectivity index (χ0n) is 7.04. The number of hydrogen-bond donors (Lipinski definition) is 1. The molecular formula is C9H8BrNO2. The molecule has 68 valence electrons. The van der Waals surface area contributed by atoms with Crippen molar-refractivity contribution in [1.82, 2.24) is 0 Å². The van der Waals surface area contributed by atoms with Crippen LogP contribution in [0.15, 0.2) is 16.6 Å². The average Bonchev–Trinajstić information content (AvgIpc) is 2.10. The normalized spacial score (nSPS) is 9.31. The lowest BCUT2D eigenvalue weighted by Crippen LogP contribution is -1.89. The Morgan fingerprint density at radius 2 is 2.31 bits per heavy atom. The van der Waals surface area contributed by atoms with Crippen LogP contribution < -0.4 is 4.74 Å². The minimum absolute atomic E-state index is 0.0658. The van der Waals surface area contributed by atoms with Crippen molar-refractivity contribution in [3.05, 3.63) is 22.2 Å². The van der Waals surface area contributed by atoms with Crippen molar-refractivity contribution in [1.29, 1.82) is 5.26 Å². The van der Waals surface area contributed by atoms with Gasteiger partial charge in [0, 0.05) is 4.47 Å². The van der Waals surface area contributed by atoms with Crippen LogP contribution >= 0.6 is 15.9 Å². The summed E-state index contributed by atoms with van der Waals surface area (Å²) in [6.45, 7) is 0. The summed E-state index contributed by atoms with van der Waals surface area (Å²) in [6, 6.07) is 5.19. The Bertz CT molecular complexity index is 357. The number of ether oxygens (including phenoxy) is 1. The molecule has 0 unspecified atom stereocenters. The van der Waals surface area contributed by atoms with Gasteiger partial charge in [-0.25, -0.2) is 0 Å². The second kappa shape index (κ2) is 4.15. The Hall–Kier alpha value is -1.21. The molecule has 0 aromatic heterocycles. The number of halogens is 1. The van der Waals surface area contributed by atoms with Gasteiger partial charge in [0.25, 0.3) is 0 Å². The van der Waals surface area contributed by atoms with Gasteiger partial charge in [-0.3, -0.25) is 0 Å². The second-order valence-electron chi connectivity index (χ2n) is 2.45. The lowest BCUT2D eigenvalue weighted by Gasteiger charge is -2.06. The van der Waals surface area contributed by atoms with Crippen molar-refractivity contribution in [2.75, 3.05) is 7.11 Å². The smallest absolute Gasteiger partial charge is 0.160 e. The van der Waals surface area contributed by atoms with Crippen molar-refractivity contribution in [3.63, 3.8) is 0 Å². The molecule has 0 heterocycles. The minimum atomic E-state index is 0.0658. The maximum atomic E-state index is 9.35. The van der Waals surface area contributed by atoms with Crippen LogP contribution in [0.2, 0.25) is 0 Å². The third kappa shape index (κ3) is 2.13. The first-order valence-corrected chi connectivity index (χ1v) is 4.40. The molecule has 0 spiro atoms. The van der Waals surface area contributed by atoms with Crippen molar-refractivity contribution in [2.45, 2.75) is 6.42 Å². The molecule has 0 atom stereocenters. The SMILES string of the molecule is COc1cc(CC#N)c(Br)cc1O. The largest absolute Gasteiger partial charge is 0.504 e. The number of hydrogen-bond acceptors (Lipinski definition) is 3. The van der Waals surface area contributed by atoms with Gasteiger partial charge >= 0.3 is 0 Å². The number of phenolic OH excluding ortho intramolecular Hbond substituents is 1. The summed E-state index contributed by atoms with van der Waals surface area (Å²) in [5.41, 5.74) is 0.803. The molecular weight excluding hydrogens is 234 g/mol. The van der Waals surface area contributed by atoms with Gasteiger partial charge in [-0.05, 0) is 17.7 Å². The number of benzene rings is 1. The molecule has 0 saturated carbocycles.